The molecule has 0 radical (unpaired) electrons. The van der Waals surface area contributed by atoms with Crippen LogP contribution in [0.25, 0.3) is 0 Å². The zero-order chi connectivity index (χ0) is 14.1. The predicted molar refractivity (Wildman–Crippen MR) is 88.1 cm³/mol. The summed E-state index contributed by atoms with van der Waals surface area (Å²) < 4.78 is 1.13. The minimum atomic E-state index is 0.0776. The normalized spacial score (nSPS) is 22.1. The molecule has 0 amide bonds. The van der Waals surface area contributed by atoms with Crippen LogP contribution in [0, 0.1) is 5.92 Å². The van der Waals surface area contributed by atoms with Crippen molar-refractivity contribution in [3.8, 4) is 0 Å². The van der Waals surface area contributed by atoms with E-state index >= 15 is 0 Å². The predicted octanol–water partition coefficient (Wildman–Crippen LogP) is 3.00. The molecule has 3 nitrogen and oxygen atoms in total. The summed E-state index contributed by atoms with van der Waals surface area (Å²) in [5.74, 6) is 1.00. The largest absolute Gasteiger partial charge is 0.369 e. The third-order valence-electron chi connectivity index (χ3n) is 4.43. The van der Waals surface area contributed by atoms with Crippen LogP contribution in [0.5, 0.6) is 0 Å². The molecule has 2 aliphatic rings. The van der Waals surface area contributed by atoms with Crippen molar-refractivity contribution in [2.45, 2.75) is 25.8 Å². The quantitative estimate of drug-likeness (QED) is 0.916. The number of hydrogen-bond donors (Lipinski definition) is 1. The van der Waals surface area contributed by atoms with Crippen molar-refractivity contribution in [3.05, 3.63) is 28.2 Å². The molecular formula is C16H24BrN3. The van der Waals surface area contributed by atoms with Gasteiger partial charge >= 0.3 is 0 Å². The molecule has 1 aromatic carbocycles. The lowest BCUT2D eigenvalue weighted by Gasteiger charge is -2.36. The number of halogens is 1. The molecule has 2 N–H and O–H groups in total. The standard InChI is InChI=1S/C16H24BrN3/c1-12(18)15-5-4-14(10-16(15)17)20-8-6-19(7-9-20)11-13-2-3-13/h4-5,10,12-13H,2-3,6-9,11,18H2,1H3. The zero-order valence-electron chi connectivity index (χ0n) is 12.2. The van der Waals surface area contributed by atoms with E-state index < -0.39 is 0 Å². The number of nitrogens with zero attached hydrogens (tertiary/aromatic N) is 2. The third kappa shape index (κ3) is 3.35. The van der Waals surface area contributed by atoms with E-state index in [4.69, 9.17) is 5.73 Å². The van der Waals surface area contributed by atoms with Gasteiger partial charge in [-0.05, 0) is 43.4 Å². The van der Waals surface area contributed by atoms with E-state index in [1.807, 2.05) is 6.92 Å². The number of piperazine rings is 1. The number of rotatable bonds is 4. The molecule has 1 aromatic rings. The van der Waals surface area contributed by atoms with Crippen LogP contribution in [-0.2, 0) is 0 Å². The van der Waals surface area contributed by atoms with E-state index in [0.717, 1.165) is 23.5 Å². The van der Waals surface area contributed by atoms with Crippen LogP contribution in [0.4, 0.5) is 5.69 Å². The van der Waals surface area contributed by atoms with Gasteiger partial charge in [-0.3, -0.25) is 4.90 Å². The third-order valence-corrected chi connectivity index (χ3v) is 5.11. The topological polar surface area (TPSA) is 32.5 Å². The van der Waals surface area contributed by atoms with Gasteiger partial charge in [0.15, 0.2) is 0 Å². The molecule has 3 rings (SSSR count). The van der Waals surface area contributed by atoms with Gasteiger partial charge in [-0.15, -0.1) is 0 Å². The Morgan fingerprint density at radius 2 is 1.95 bits per heavy atom. The lowest BCUT2D eigenvalue weighted by molar-refractivity contribution is 0.248. The van der Waals surface area contributed by atoms with Gasteiger partial charge in [0, 0.05) is 48.9 Å². The molecule has 0 aromatic heterocycles. The van der Waals surface area contributed by atoms with Gasteiger partial charge in [0.25, 0.3) is 0 Å². The first-order valence-corrected chi connectivity index (χ1v) is 8.45. The Morgan fingerprint density at radius 1 is 1.25 bits per heavy atom. The molecule has 4 heteroatoms. The second kappa shape index (κ2) is 6.04. The molecule has 110 valence electrons. The van der Waals surface area contributed by atoms with E-state index in [0.29, 0.717) is 0 Å². The van der Waals surface area contributed by atoms with E-state index in [9.17, 15) is 0 Å². The van der Waals surface area contributed by atoms with Crippen LogP contribution in [0.2, 0.25) is 0 Å². The lowest BCUT2D eigenvalue weighted by Crippen LogP contribution is -2.47. The first-order chi connectivity index (χ1) is 9.63. The van der Waals surface area contributed by atoms with Gasteiger partial charge in [-0.25, -0.2) is 0 Å². The van der Waals surface area contributed by atoms with Gasteiger partial charge in [-0.1, -0.05) is 22.0 Å². The van der Waals surface area contributed by atoms with Gasteiger partial charge in [-0.2, -0.15) is 0 Å². The molecule has 1 unspecified atom stereocenters. The molecule has 1 aliphatic heterocycles. The van der Waals surface area contributed by atoms with Crippen LogP contribution in [-0.4, -0.2) is 37.6 Å². The minimum absolute atomic E-state index is 0.0776. The SMILES string of the molecule is CC(N)c1ccc(N2CCN(CC3CC3)CC2)cc1Br. The summed E-state index contributed by atoms with van der Waals surface area (Å²) in [4.78, 5) is 5.11. The minimum Gasteiger partial charge on any atom is -0.369 e. The van der Waals surface area contributed by atoms with E-state index in [2.05, 4.69) is 43.9 Å². The second-order valence-corrected chi connectivity index (χ2v) is 7.08. The Hall–Kier alpha value is -0.580. The molecule has 0 bridgehead atoms. The highest BCUT2D eigenvalue weighted by molar-refractivity contribution is 9.10. The summed E-state index contributed by atoms with van der Waals surface area (Å²) in [6.07, 6.45) is 2.90. The molecule has 1 saturated heterocycles. The molecule has 2 fully saturated rings. The highest BCUT2D eigenvalue weighted by Crippen LogP contribution is 2.31. The van der Waals surface area contributed by atoms with Crippen molar-refractivity contribution >= 4 is 21.6 Å². The summed E-state index contributed by atoms with van der Waals surface area (Å²) in [5.41, 5.74) is 8.46. The molecule has 1 heterocycles. The lowest BCUT2D eigenvalue weighted by atomic mass is 10.1. The van der Waals surface area contributed by atoms with Crippen LogP contribution in [0.1, 0.15) is 31.4 Å². The first kappa shape index (κ1) is 14.4. The van der Waals surface area contributed by atoms with Gasteiger partial charge in [0.05, 0.1) is 0 Å². The Kier molecular flexibility index (Phi) is 4.34. The molecule has 20 heavy (non-hydrogen) atoms. The Labute approximate surface area is 130 Å². The highest BCUT2D eigenvalue weighted by Gasteiger charge is 2.26. The fourth-order valence-corrected chi connectivity index (χ4v) is 3.66. The maximum Gasteiger partial charge on any atom is 0.0378 e. The zero-order valence-corrected chi connectivity index (χ0v) is 13.8. The van der Waals surface area contributed by atoms with Crippen molar-refractivity contribution in [1.82, 2.24) is 4.90 Å². The number of benzene rings is 1. The summed E-state index contributed by atoms with van der Waals surface area (Å²) in [6, 6.07) is 6.66. The van der Waals surface area contributed by atoms with E-state index in [1.54, 1.807) is 0 Å². The molecular weight excluding hydrogens is 314 g/mol. The van der Waals surface area contributed by atoms with Crippen LogP contribution in [0.15, 0.2) is 22.7 Å². The van der Waals surface area contributed by atoms with Crippen molar-refractivity contribution in [2.24, 2.45) is 11.7 Å². The molecule has 1 saturated carbocycles. The van der Waals surface area contributed by atoms with Crippen LogP contribution in [0.3, 0.4) is 0 Å². The number of nitrogens with two attached hydrogens (primary N) is 1. The fourth-order valence-electron chi connectivity index (χ4n) is 2.94. The maximum absolute atomic E-state index is 5.96. The summed E-state index contributed by atoms with van der Waals surface area (Å²) in [5, 5.41) is 0. The van der Waals surface area contributed by atoms with Gasteiger partial charge in [0.2, 0.25) is 0 Å². The summed E-state index contributed by atoms with van der Waals surface area (Å²) in [6.45, 7) is 8.01. The highest BCUT2D eigenvalue weighted by atomic mass is 79.9. The van der Waals surface area contributed by atoms with Crippen molar-refractivity contribution < 1.29 is 0 Å². The second-order valence-electron chi connectivity index (χ2n) is 6.23. The Bertz CT molecular complexity index is 463. The average Bonchev–Trinajstić information content (AvgIpc) is 3.23. The smallest absolute Gasteiger partial charge is 0.0378 e. The van der Waals surface area contributed by atoms with Crippen molar-refractivity contribution in [2.75, 3.05) is 37.6 Å². The molecule has 1 aliphatic carbocycles. The fraction of sp³-hybridized carbons (Fsp3) is 0.625. The molecule has 0 spiro atoms. The van der Waals surface area contributed by atoms with Crippen molar-refractivity contribution in [3.63, 3.8) is 0 Å². The average molecular weight is 338 g/mol. The van der Waals surface area contributed by atoms with E-state index in [1.165, 1.54) is 43.7 Å². The summed E-state index contributed by atoms with van der Waals surface area (Å²) >= 11 is 3.65. The first-order valence-electron chi connectivity index (χ1n) is 7.66. The summed E-state index contributed by atoms with van der Waals surface area (Å²) in [7, 11) is 0. The van der Waals surface area contributed by atoms with Crippen molar-refractivity contribution in [1.29, 1.82) is 0 Å². The molecule has 1 atom stereocenters. The van der Waals surface area contributed by atoms with Crippen LogP contribution < -0.4 is 10.6 Å². The Balaban J connectivity index is 1.61. The number of hydrogen-bond acceptors (Lipinski definition) is 3. The number of anilines is 1. The monoisotopic (exact) mass is 337 g/mol. The van der Waals surface area contributed by atoms with Gasteiger partial charge < -0.3 is 10.6 Å². The van der Waals surface area contributed by atoms with E-state index in [-0.39, 0.29) is 6.04 Å². The Morgan fingerprint density at radius 3 is 2.50 bits per heavy atom. The van der Waals surface area contributed by atoms with Gasteiger partial charge in [0.1, 0.15) is 0 Å². The maximum atomic E-state index is 5.96. The van der Waals surface area contributed by atoms with Crippen LogP contribution >= 0.6 is 15.9 Å².